The van der Waals surface area contributed by atoms with Crippen molar-refractivity contribution in [2.75, 3.05) is 5.32 Å². The first-order valence-corrected chi connectivity index (χ1v) is 13.2. The molecule has 5 N–H and O–H groups in total. The van der Waals surface area contributed by atoms with E-state index >= 15 is 0 Å². The molecule has 202 valence electrons. The van der Waals surface area contributed by atoms with Gasteiger partial charge in [-0.25, -0.2) is 24.4 Å². The fourth-order valence-electron chi connectivity index (χ4n) is 7.23. The van der Waals surface area contributed by atoms with Crippen LogP contribution in [-0.2, 0) is 28.1 Å². The van der Waals surface area contributed by atoms with Gasteiger partial charge in [0.2, 0.25) is 0 Å². The van der Waals surface area contributed by atoms with Crippen molar-refractivity contribution < 1.29 is 30.0 Å². The number of rotatable bonds is 7. The van der Waals surface area contributed by atoms with Gasteiger partial charge in [0.05, 0.1) is 0 Å². The molecule has 12 heteroatoms. The van der Waals surface area contributed by atoms with Gasteiger partial charge >= 0.3 is 17.6 Å². The van der Waals surface area contributed by atoms with Gasteiger partial charge in [-0.05, 0) is 62.7 Å². The number of fused-ring (bicyclic) bond motifs is 3. The van der Waals surface area contributed by atoms with Crippen LogP contribution in [0.1, 0.15) is 64.6 Å². The maximum absolute atomic E-state index is 13.2. The maximum atomic E-state index is 13.2. The molecule has 37 heavy (non-hydrogen) atoms. The van der Waals surface area contributed by atoms with Gasteiger partial charge in [0, 0.05) is 24.5 Å². The summed E-state index contributed by atoms with van der Waals surface area (Å²) in [5, 5.41) is 36.1. The third kappa shape index (κ3) is 4.10. The summed E-state index contributed by atoms with van der Waals surface area (Å²) in [6, 6.07) is 0.315. The molecule has 0 aromatic rings. The fraction of sp³-hybridized carbons (Fsp3) is 0.720. The molecule has 0 radical (unpaired) electrons. The molecule has 3 heterocycles. The lowest BCUT2D eigenvalue weighted by molar-refractivity contribution is -0.165. The van der Waals surface area contributed by atoms with E-state index in [4.69, 9.17) is 30.4 Å². The molecule has 0 aromatic heterocycles. The lowest BCUT2D eigenvalue weighted by atomic mass is 9.75. The van der Waals surface area contributed by atoms with E-state index in [-0.39, 0.29) is 11.1 Å². The Hall–Kier alpha value is -2.99. The number of aliphatic hydroxyl groups excluding tert-OH is 2. The molecular formula is C25H35N5O7. The molecule has 4 bridgehead atoms. The zero-order valence-corrected chi connectivity index (χ0v) is 21.1. The lowest BCUT2D eigenvalue weighted by Gasteiger charge is -2.30. The van der Waals surface area contributed by atoms with Crippen molar-refractivity contribution >= 4 is 17.8 Å². The largest absolute Gasteiger partial charge is 0.479 e. The molecule has 7 aliphatic rings. The van der Waals surface area contributed by atoms with E-state index in [0.29, 0.717) is 12.6 Å². The third-order valence-corrected chi connectivity index (χ3v) is 8.78. The molecule has 5 atom stereocenters. The number of aliphatic carboxylic acids is 2. The first-order valence-electron chi connectivity index (χ1n) is 13.2. The van der Waals surface area contributed by atoms with Crippen LogP contribution in [0.15, 0.2) is 4.79 Å². The van der Waals surface area contributed by atoms with Crippen LogP contribution in [-0.4, -0.2) is 69.7 Å². The number of aliphatic hydroxyl groups is 2. The number of anilines is 1. The van der Waals surface area contributed by atoms with Crippen LogP contribution in [0.25, 0.3) is 11.5 Å². The minimum Gasteiger partial charge on any atom is -0.479 e. The molecular weight excluding hydrogens is 482 g/mol. The highest BCUT2D eigenvalue weighted by atomic mass is 16.4. The minimum atomic E-state index is -2.27. The highest BCUT2D eigenvalue weighted by Crippen LogP contribution is 2.65. The summed E-state index contributed by atoms with van der Waals surface area (Å²) in [4.78, 5) is 42.9. The van der Waals surface area contributed by atoms with Crippen molar-refractivity contribution in [3.8, 4) is 11.5 Å². The molecule has 0 aromatic carbocycles. The topological polar surface area (TPSA) is 180 Å². The summed E-state index contributed by atoms with van der Waals surface area (Å²) >= 11 is 0. The summed E-state index contributed by atoms with van der Waals surface area (Å²) in [6.45, 7) is 5.74. The van der Waals surface area contributed by atoms with Gasteiger partial charge in [0.15, 0.2) is 18.0 Å². The second kappa shape index (κ2) is 9.39. The highest BCUT2D eigenvalue weighted by Gasteiger charge is 2.60. The molecule has 0 spiro atoms. The van der Waals surface area contributed by atoms with Crippen molar-refractivity contribution in [2.24, 2.45) is 17.8 Å². The van der Waals surface area contributed by atoms with E-state index < -0.39 is 24.1 Å². The zero-order chi connectivity index (χ0) is 26.6. The monoisotopic (exact) mass is 517 g/mol. The van der Waals surface area contributed by atoms with Crippen LogP contribution in [0.5, 0.6) is 0 Å². The van der Waals surface area contributed by atoms with Gasteiger partial charge in [-0.15, -0.1) is 0 Å². The minimum absolute atomic E-state index is 0.0731. The summed E-state index contributed by atoms with van der Waals surface area (Å²) in [7, 11) is 0. The van der Waals surface area contributed by atoms with Crippen LogP contribution in [0.2, 0.25) is 0 Å². The normalized spacial score (nSPS) is 30.5. The second-order valence-corrected chi connectivity index (χ2v) is 11.1. The number of carboxylic acids is 2. The highest BCUT2D eigenvalue weighted by molar-refractivity contribution is 5.83. The Morgan fingerprint density at radius 1 is 1.05 bits per heavy atom. The van der Waals surface area contributed by atoms with Gasteiger partial charge in [-0.3, -0.25) is 9.13 Å². The lowest BCUT2D eigenvalue weighted by Crippen LogP contribution is -2.39. The van der Waals surface area contributed by atoms with Gasteiger partial charge < -0.3 is 25.7 Å². The number of aromatic nitrogens is 4. The molecule has 4 aliphatic carbocycles. The average Bonchev–Trinajstić information content (AvgIpc) is 3.60. The van der Waals surface area contributed by atoms with Crippen molar-refractivity contribution in [1.82, 2.24) is 19.1 Å². The molecule has 0 saturated heterocycles. The fourth-order valence-corrected chi connectivity index (χ4v) is 7.23. The first-order chi connectivity index (χ1) is 17.6. The van der Waals surface area contributed by atoms with Crippen molar-refractivity contribution in [2.45, 2.75) is 95.5 Å². The zero-order valence-electron chi connectivity index (χ0n) is 21.1. The molecule has 4 unspecified atom stereocenters. The Morgan fingerprint density at radius 3 is 2.22 bits per heavy atom. The van der Waals surface area contributed by atoms with E-state index in [2.05, 4.69) is 19.2 Å². The molecule has 0 amide bonds. The van der Waals surface area contributed by atoms with Crippen LogP contribution in [0, 0.1) is 17.8 Å². The Labute approximate surface area is 213 Å². The van der Waals surface area contributed by atoms with E-state index in [1.807, 2.05) is 9.13 Å². The average molecular weight is 518 g/mol. The van der Waals surface area contributed by atoms with Gasteiger partial charge in [0.25, 0.3) is 0 Å². The number of hydrogen-bond donors (Lipinski definition) is 5. The van der Waals surface area contributed by atoms with Crippen LogP contribution in [0.4, 0.5) is 5.82 Å². The molecule has 4 saturated carbocycles. The summed E-state index contributed by atoms with van der Waals surface area (Å²) in [5.74, 6) is 1.75. The predicted molar refractivity (Wildman–Crippen MR) is 131 cm³/mol. The van der Waals surface area contributed by atoms with Crippen molar-refractivity contribution in [1.29, 1.82) is 0 Å². The van der Waals surface area contributed by atoms with Gasteiger partial charge in [0.1, 0.15) is 17.3 Å². The van der Waals surface area contributed by atoms with E-state index in [9.17, 15) is 14.4 Å². The van der Waals surface area contributed by atoms with E-state index in [0.717, 1.165) is 60.3 Å². The summed E-state index contributed by atoms with van der Waals surface area (Å²) in [5.41, 5.74) is 1.19. The number of nitrogens with zero attached hydrogens (tertiary/aromatic N) is 4. The third-order valence-electron chi connectivity index (χ3n) is 8.78. The Balaban J connectivity index is 0.000000241. The second-order valence-electron chi connectivity index (χ2n) is 11.1. The summed E-state index contributed by atoms with van der Waals surface area (Å²) in [6.07, 6.45) is 4.09. The molecule has 3 aliphatic heterocycles. The number of hydrogen-bond acceptors (Lipinski definition) is 8. The van der Waals surface area contributed by atoms with Crippen LogP contribution >= 0.6 is 0 Å². The standard InChI is InChI=1S/C21H29N5O.C4H6O6/c1-3-5-25-18-16(17-22-15(4-2)11-26(17)20(25)27)23-19(24-18)21-9-12-6-13(10-21)8-14(21)7-12;5-1(3(7)8)2(6)4(9)10/h12-15,22H,3-11H2,1-2H3;1-2,5-6H,(H,7,8)(H,9,10)/t12?,13?,14?,15-,21?;/m0./s1. The number of carboxylic acid groups (broad SMARTS) is 2. The quantitative estimate of drug-likeness (QED) is 0.357. The van der Waals surface area contributed by atoms with E-state index in [1.54, 1.807) is 0 Å². The summed E-state index contributed by atoms with van der Waals surface area (Å²) < 4.78 is 3.78. The Bertz CT molecular complexity index is 1210. The van der Waals surface area contributed by atoms with Crippen molar-refractivity contribution in [3.05, 3.63) is 16.3 Å². The molecule has 12 nitrogen and oxygen atoms in total. The SMILES string of the molecule is CCCn1c2nc(C34CC5CC(CC3C5)C4)nc-2c2n(c1=O)C[C@H](CC)N2.O=C(O)C(O)C(O)C(=O)O. The van der Waals surface area contributed by atoms with Crippen LogP contribution in [0.3, 0.4) is 0 Å². The Kier molecular flexibility index (Phi) is 6.51. The number of nitrogens with one attached hydrogen (secondary N) is 1. The number of imidazole rings is 1. The molecule has 4 fully saturated rings. The Morgan fingerprint density at radius 2 is 1.68 bits per heavy atom. The van der Waals surface area contributed by atoms with Crippen molar-refractivity contribution in [3.63, 3.8) is 0 Å². The predicted octanol–water partition coefficient (Wildman–Crippen LogP) is 1.11. The smallest absolute Gasteiger partial charge is 0.335 e. The van der Waals surface area contributed by atoms with Gasteiger partial charge in [-0.1, -0.05) is 13.8 Å². The maximum Gasteiger partial charge on any atom is 0.335 e. The first kappa shape index (κ1) is 25.7. The number of carbonyl (C=O) groups is 2. The van der Waals surface area contributed by atoms with Crippen LogP contribution < -0.4 is 11.0 Å². The van der Waals surface area contributed by atoms with E-state index in [1.165, 1.54) is 32.1 Å². The van der Waals surface area contributed by atoms with Gasteiger partial charge in [-0.2, -0.15) is 0 Å². The molecule has 7 rings (SSSR count).